The standard InChI is InChI=1S/C23H19N3O5/c27-23(25-18-9-5-2-6-10-18)30-20-15-24-22(17-11-13-19(14-12-17)26(28)29)31-21(20)16-7-3-1-4-8-16/h1-14,20-21H,15H2,(H,25,27). The number of hydrogen-bond donors (Lipinski definition) is 1. The highest BCUT2D eigenvalue weighted by atomic mass is 16.6. The van der Waals surface area contributed by atoms with Gasteiger partial charge in [-0.1, -0.05) is 48.5 Å². The van der Waals surface area contributed by atoms with Gasteiger partial charge in [0, 0.05) is 23.4 Å². The van der Waals surface area contributed by atoms with E-state index in [0.29, 0.717) is 17.1 Å². The first-order valence-corrected chi connectivity index (χ1v) is 9.64. The summed E-state index contributed by atoms with van der Waals surface area (Å²) in [5.74, 6) is 0.340. The van der Waals surface area contributed by atoms with Gasteiger partial charge in [0.1, 0.15) is 0 Å². The Morgan fingerprint density at radius 2 is 1.65 bits per heavy atom. The molecule has 31 heavy (non-hydrogen) atoms. The summed E-state index contributed by atoms with van der Waals surface area (Å²) in [6.07, 6.45) is -1.83. The third-order valence-electron chi connectivity index (χ3n) is 4.72. The quantitative estimate of drug-likeness (QED) is 0.477. The van der Waals surface area contributed by atoms with Crippen LogP contribution >= 0.6 is 0 Å². The molecule has 0 saturated heterocycles. The van der Waals surface area contributed by atoms with E-state index in [1.165, 1.54) is 12.1 Å². The second-order valence-corrected chi connectivity index (χ2v) is 6.83. The van der Waals surface area contributed by atoms with Crippen LogP contribution in [0.3, 0.4) is 0 Å². The summed E-state index contributed by atoms with van der Waals surface area (Å²) < 4.78 is 11.7. The van der Waals surface area contributed by atoms with Gasteiger partial charge >= 0.3 is 6.09 Å². The number of aliphatic imine (C=N–C) groups is 1. The SMILES string of the molecule is O=C(Nc1ccccc1)OC1CN=C(c2ccc([N+](=O)[O-])cc2)OC1c1ccccc1. The summed E-state index contributed by atoms with van der Waals surface area (Å²) in [4.78, 5) is 27.2. The van der Waals surface area contributed by atoms with E-state index >= 15 is 0 Å². The lowest BCUT2D eigenvalue weighted by Crippen LogP contribution is -2.37. The Balaban J connectivity index is 1.54. The normalized spacial score (nSPS) is 17.7. The molecule has 0 spiro atoms. The number of nitro groups is 1. The lowest BCUT2D eigenvalue weighted by Gasteiger charge is -2.31. The van der Waals surface area contributed by atoms with Crippen LogP contribution in [0.25, 0.3) is 0 Å². The van der Waals surface area contributed by atoms with E-state index in [1.54, 1.807) is 24.3 Å². The molecule has 0 aliphatic carbocycles. The van der Waals surface area contributed by atoms with Crippen molar-refractivity contribution in [3.05, 3.63) is 106 Å². The average Bonchev–Trinajstić information content (AvgIpc) is 2.80. The molecular weight excluding hydrogens is 398 g/mol. The van der Waals surface area contributed by atoms with Crippen LogP contribution in [0.1, 0.15) is 17.2 Å². The van der Waals surface area contributed by atoms with Crippen LogP contribution in [0.15, 0.2) is 89.9 Å². The summed E-state index contributed by atoms with van der Waals surface area (Å²) in [6, 6.07) is 24.4. The Hall–Kier alpha value is -4.20. The third-order valence-corrected chi connectivity index (χ3v) is 4.72. The van der Waals surface area contributed by atoms with Crippen LogP contribution in [-0.4, -0.2) is 29.6 Å². The highest BCUT2D eigenvalue weighted by Crippen LogP contribution is 2.29. The number of amides is 1. The van der Waals surface area contributed by atoms with Crippen molar-refractivity contribution in [1.82, 2.24) is 0 Å². The van der Waals surface area contributed by atoms with Gasteiger partial charge in [-0.25, -0.2) is 9.79 Å². The van der Waals surface area contributed by atoms with Gasteiger partial charge in [-0.3, -0.25) is 15.4 Å². The van der Waals surface area contributed by atoms with E-state index in [1.807, 2.05) is 48.5 Å². The fourth-order valence-corrected chi connectivity index (χ4v) is 3.22. The van der Waals surface area contributed by atoms with Gasteiger partial charge in [0.25, 0.3) is 5.69 Å². The monoisotopic (exact) mass is 417 g/mol. The number of non-ortho nitro benzene ring substituents is 1. The van der Waals surface area contributed by atoms with E-state index in [9.17, 15) is 14.9 Å². The van der Waals surface area contributed by atoms with Gasteiger partial charge < -0.3 is 9.47 Å². The lowest BCUT2D eigenvalue weighted by molar-refractivity contribution is -0.384. The number of nitrogens with one attached hydrogen (secondary N) is 1. The number of carbonyl (C=O) groups excluding carboxylic acids is 1. The Morgan fingerprint density at radius 3 is 2.29 bits per heavy atom. The zero-order valence-electron chi connectivity index (χ0n) is 16.4. The zero-order valence-corrected chi connectivity index (χ0v) is 16.4. The Bertz CT molecular complexity index is 1090. The summed E-state index contributed by atoms with van der Waals surface area (Å²) in [7, 11) is 0. The van der Waals surface area contributed by atoms with Gasteiger partial charge in [0.15, 0.2) is 12.2 Å². The number of benzene rings is 3. The fourth-order valence-electron chi connectivity index (χ4n) is 3.22. The molecule has 8 heteroatoms. The van der Waals surface area contributed by atoms with Gasteiger partial charge in [0.2, 0.25) is 5.90 Å². The second-order valence-electron chi connectivity index (χ2n) is 6.83. The minimum absolute atomic E-state index is 0.0152. The van der Waals surface area contributed by atoms with Crippen molar-refractivity contribution in [2.24, 2.45) is 4.99 Å². The van der Waals surface area contributed by atoms with E-state index in [-0.39, 0.29) is 12.2 Å². The van der Waals surface area contributed by atoms with Gasteiger partial charge in [-0.15, -0.1) is 0 Å². The first-order valence-electron chi connectivity index (χ1n) is 9.64. The van der Waals surface area contributed by atoms with Crippen LogP contribution in [0.4, 0.5) is 16.2 Å². The molecule has 0 saturated carbocycles. The fraction of sp³-hybridized carbons (Fsp3) is 0.130. The smallest absolute Gasteiger partial charge is 0.412 e. The molecule has 1 aliphatic rings. The van der Waals surface area contributed by atoms with Crippen molar-refractivity contribution in [3.63, 3.8) is 0 Å². The average molecular weight is 417 g/mol. The van der Waals surface area contributed by atoms with Crippen LogP contribution in [0.5, 0.6) is 0 Å². The molecule has 0 bridgehead atoms. The van der Waals surface area contributed by atoms with Gasteiger partial charge in [0.05, 0.1) is 11.5 Å². The number of para-hydroxylation sites is 1. The number of nitrogens with zero attached hydrogens (tertiary/aromatic N) is 2. The summed E-state index contributed by atoms with van der Waals surface area (Å²) in [6.45, 7) is 0.189. The molecule has 1 aliphatic heterocycles. The Morgan fingerprint density at radius 1 is 1.00 bits per heavy atom. The van der Waals surface area contributed by atoms with Crippen molar-refractivity contribution in [2.45, 2.75) is 12.2 Å². The van der Waals surface area contributed by atoms with Crippen LogP contribution in [0.2, 0.25) is 0 Å². The predicted molar refractivity (Wildman–Crippen MR) is 115 cm³/mol. The minimum atomic E-state index is -0.645. The molecule has 1 N–H and O–H groups in total. The summed E-state index contributed by atoms with van der Waals surface area (Å²) in [5, 5.41) is 13.6. The summed E-state index contributed by atoms with van der Waals surface area (Å²) >= 11 is 0. The molecule has 0 radical (unpaired) electrons. The maximum atomic E-state index is 12.4. The molecule has 8 nitrogen and oxygen atoms in total. The maximum Gasteiger partial charge on any atom is 0.412 e. The van der Waals surface area contributed by atoms with Crippen molar-refractivity contribution in [2.75, 3.05) is 11.9 Å². The number of ether oxygens (including phenoxy) is 2. The maximum absolute atomic E-state index is 12.4. The van der Waals surface area contributed by atoms with E-state index in [0.717, 1.165) is 5.56 Å². The first-order chi connectivity index (χ1) is 15.1. The van der Waals surface area contributed by atoms with Crippen molar-refractivity contribution in [3.8, 4) is 0 Å². The van der Waals surface area contributed by atoms with E-state index in [4.69, 9.17) is 9.47 Å². The van der Waals surface area contributed by atoms with Crippen LogP contribution in [-0.2, 0) is 9.47 Å². The molecule has 1 heterocycles. The Labute approximate surface area is 178 Å². The number of nitro benzene ring substituents is 1. The molecule has 0 aromatic heterocycles. The second kappa shape index (κ2) is 9.08. The topological polar surface area (TPSA) is 103 Å². The van der Waals surface area contributed by atoms with Crippen molar-refractivity contribution in [1.29, 1.82) is 0 Å². The van der Waals surface area contributed by atoms with Crippen LogP contribution in [0, 0.1) is 10.1 Å². The van der Waals surface area contributed by atoms with E-state index in [2.05, 4.69) is 10.3 Å². The Kier molecular flexibility index (Phi) is 5.89. The molecule has 156 valence electrons. The first kappa shape index (κ1) is 20.1. The minimum Gasteiger partial charge on any atom is -0.465 e. The molecule has 2 atom stereocenters. The van der Waals surface area contributed by atoms with Crippen molar-refractivity contribution < 1.29 is 19.2 Å². The largest absolute Gasteiger partial charge is 0.465 e. The number of hydrogen-bond acceptors (Lipinski definition) is 6. The lowest BCUT2D eigenvalue weighted by atomic mass is 10.0. The molecule has 0 fully saturated rings. The molecule has 1 amide bonds. The summed E-state index contributed by atoms with van der Waals surface area (Å²) in [5.41, 5.74) is 2.04. The van der Waals surface area contributed by atoms with Gasteiger partial charge in [-0.2, -0.15) is 0 Å². The number of carbonyl (C=O) groups is 1. The highest BCUT2D eigenvalue weighted by Gasteiger charge is 2.33. The number of rotatable bonds is 5. The van der Waals surface area contributed by atoms with Crippen molar-refractivity contribution >= 4 is 23.4 Å². The van der Waals surface area contributed by atoms with E-state index < -0.39 is 23.2 Å². The predicted octanol–water partition coefficient (Wildman–Crippen LogP) is 4.73. The third kappa shape index (κ3) is 4.87. The highest BCUT2D eigenvalue weighted by molar-refractivity contribution is 5.95. The zero-order chi connectivity index (χ0) is 21.6. The number of anilines is 1. The molecule has 3 aromatic carbocycles. The molecule has 2 unspecified atom stereocenters. The van der Waals surface area contributed by atoms with Crippen LogP contribution < -0.4 is 5.32 Å². The van der Waals surface area contributed by atoms with Gasteiger partial charge in [-0.05, 0) is 29.8 Å². The molecule has 3 aromatic rings. The molecular formula is C23H19N3O5. The molecule has 4 rings (SSSR count).